The fourth-order valence-corrected chi connectivity index (χ4v) is 2.69. The third kappa shape index (κ3) is 1.40. The van der Waals surface area contributed by atoms with Crippen LogP contribution < -0.4 is 0 Å². The van der Waals surface area contributed by atoms with Crippen molar-refractivity contribution in [1.82, 2.24) is 0 Å². The lowest BCUT2D eigenvalue weighted by Gasteiger charge is -2.19. The summed E-state index contributed by atoms with van der Waals surface area (Å²) in [5.74, 6) is 0.369. The number of Topliss-reactive ketones (excluding diaryl/α,β-unsaturated/α-hetero) is 1. The van der Waals surface area contributed by atoms with Crippen LogP contribution >= 0.6 is 22.6 Å². The fourth-order valence-electron chi connectivity index (χ4n) is 1.60. The van der Waals surface area contributed by atoms with E-state index in [-0.39, 0.29) is 0 Å². The number of hydrogen-bond acceptors (Lipinski definition) is 1. The van der Waals surface area contributed by atoms with Crippen molar-refractivity contribution in [2.45, 2.75) is 16.8 Å². The van der Waals surface area contributed by atoms with E-state index in [4.69, 9.17) is 0 Å². The third-order valence-corrected chi connectivity index (χ3v) is 3.30. The van der Waals surface area contributed by atoms with Crippen molar-refractivity contribution in [3.05, 3.63) is 35.4 Å². The molecular weight excluding hydrogens is 263 g/mol. The monoisotopic (exact) mass is 272 g/mol. The van der Waals surface area contributed by atoms with Crippen molar-refractivity contribution in [1.29, 1.82) is 0 Å². The number of hydrogen-bond donors (Lipinski definition) is 0. The summed E-state index contributed by atoms with van der Waals surface area (Å²) in [5.41, 5.74) is 2.56. The van der Waals surface area contributed by atoms with E-state index in [0.717, 1.165) is 0 Å². The molecule has 1 aromatic rings. The molecule has 0 fully saturated rings. The van der Waals surface area contributed by atoms with E-state index >= 15 is 0 Å². The van der Waals surface area contributed by atoms with Crippen molar-refractivity contribution < 1.29 is 4.79 Å². The van der Waals surface area contributed by atoms with Gasteiger partial charge in [0.1, 0.15) is 5.78 Å². The Labute approximate surface area is 85.3 Å². The molecule has 2 rings (SSSR count). The molecule has 0 heterocycles. The molecule has 0 radical (unpaired) electrons. The van der Waals surface area contributed by atoms with Crippen molar-refractivity contribution in [2.75, 3.05) is 0 Å². The summed E-state index contributed by atoms with van der Waals surface area (Å²) in [6.45, 7) is 0. The first-order valence-electron chi connectivity index (χ1n) is 4.01. The molecule has 1 aliphatic carbocycles. The van der Waals surface area contributed by atoms with E-state index in [1.807, 2.05) is 12.1 Å². The molecule has 0 saturated heterocycles. The molecule has 0 aliphatic heterocycles. The maximum Gasteiger partial charge on any atom is 0.138 e. The summed E-state index contributed by atoms with van der Waals surface area (Å²) in [6, 6.07) is 8.22. The average molecular weight is 272 g/mol. The minimum atomic E-state index is 0.369. The van der Waals surface area contributed by atoms with E-state index in [1.54, 1.807) is 0 Å². The Morgan fingerprint density at radius 2 is 2.08 bits per heavy atom. The molecule has 62 valence electrons. The van der Waals surface area contributed by atoms with Crippen molar-refractivity contribution >= 4 is 28.4 Å². The topological polar surface area (TPSA) is 17.1 Å². The van der Waals surface area contributed by atoms with Gasteiger partial charge in [0.2, 0.25) is 0 Å². The lowest BCUT2D eigenvalue weighted by molar-refractivity contribution is -0.118. The molecule has 1 nitrogen and oxygen atoms in total. The predicted molar refractivity (Wildman–Crippen MR) is 56.5 cm³/mol. The van der Waals surface area contributed by atoms with Crippen LogP contribution in [-0.4, -0.2) is 5.78 Å². The van der Waals surface area contributed by atoms with Crippen LogP contribution in [0.1, 0.15) is 21.5 Å². The van der Waals surface area contributed by atoms with Crippen LogP contribution in [0, 0.1) is 0 Å². The molecule has 0 spiro atoms. The molecule has 1 aromatic carbocycles. The van der Waals surface area contributed by atoms with Crippen LogP contribution in [0.4, 0.5) is 0 Å². The highest BCUT2D eigenvalue weighted by Gasteiger charge is 2.21. The smallest absolute Gasteiger partial charge is 0.138 e. The Morgan fingerprint density at radius 3 is 2.92 bits per heavy atom. The van der Waals surface area contributed by atoms with E-state index < -0.39 is 0 Å². The molecule has 0 saturated carbocycles. The molecule has 1 atom stereocenters. The minimum absolute atomic E-state index is 0.369. The second-order valence-electron chi connectivity index (χ2n) is 3.09. The van der Waals surface area contributed by atoms with Crippen LogP contribution in [0.15, 0.2) is 24.3 Å². The minimum Gasteiger partial charge on any atom is -0.299 e. The van der Waals surface area contributed by atoms with E-state index in [0.29, 0.717) is 22.5 Å². The Balaban J connectivity index is 2.47. The number of benzene rings is 1. The Morgan fingerprint density at radius 1 is 1.33 bits per heavy atom. The van der Waals surface area contributed by atoms with Gasteiger partial charge < -0.3 is 0 Å². The number of carbonyl (C=O) groups excluding carboxylic acids is 1. The van der Waals surface area contributed by atoms with Gasteiger partial charge in [0, 0.05) is 16.8 Å². The zero-order valence-corrected chi connectivity index (χ0v) is 8.74. The van der Waals surface area contributed by atoms with E-state index in [1.165, 1.54) is 11.1 Å². The number of halogens is 1. The van der Waals surface area contributed by atoms with Gasteiger partial charge in [0.05, 0.1) is 0 Å². The summed E-state index contributed by atoms with van der Waals surface area (Å²) in [4.78, 5) is 11.2. The van der Waals surface area contributed by atoms with Crippen LogP contribution in [0.25, 0.3) is 0 Å². The largest absolute Gasteiger partial charge is 0.299 e. The first-order valence-corrected chi connectivity index (χ1v) is 5.25. The van der Waals surface area contributed by atoms with Gasteiger partial charge in [0.15, 0.2) is 0 Å². The normalized spacial score (nSPS) is 22.1. The van der Waals surface area contributed by atoms with Crippen molar-refractivity contribution in [2.24, 2.45) is 0 Å². The van der Waals surface area contributed by atoms with Crippen LogP contribution in [0.2, 0.25) is 0 Å². The molecule has 1 unspecified atom stereocenters. The molecule has 0 aromatic heterocycles. The van der Waals surface area contributed by atoms with Gasteiger partial charge in [-0.2, -0.15) is 0 Å². The number of alkyl halides is 1. The van der Waals surface area contributed by atoms with Gasteiger partial charge in [-0.25, -0.2) is 0 Å². The highest BCUT2D eigenvalue weighted by Crippen LogP contribution is 2.34. The van der Waals surface area contributed by atoms with Crippen molar-refractivity contribution in [3.8, 4) is 0 Å². The van der Waals surface area contributed by atoms with Gasteiger partial charge in [-0.05, 0) is 11.1 Å². The third-order valence-electron chi connectivity index (χ3n) is 2.19. The molecule has 1 aliphatic rings. The fraction of sp³-hybridized carbons (Fsp3) is 0.300. The summed E-state index contributed by atoms with van der Waals surface area (Å²) >= 11 is 2.34. The van der Waals surface area contributed by atoms with Crippen LogP contribution in [-0.2, 0) is 11.2 Å². The second-order valence-corrected chi connectivity index (χ2v) is 4.59. The first-order chi connectivity index (χ1) is 5.77. The zero-order chi connectivity index (χ0) is 8.55. The summed E-state index contributed by atoms with van der Waals surface area (Å²) in [7, 11) is 0. The molecule has 2 heteroatoms. The lowest BCUT2D eigenvalue weighted by Crippen LogP contribution is -2.14. The van der Waals surface area contributed by atoms with Crippen LogP contribution in [0.3, 0.4) is 0 Å². The van der Waals surface area contributed by atoms with Gasteiger partial charge in [-0.1, -0.05) is 46.9 Å². The van der Waals surface area contributed by atoms with Crippen LogP contribution in [0.5, 0.6) is 0 Å². The van der Waals surface area contributed by atoms with Gasteiger partial charge in [0.25, 0.3) is 0 Å². The van der Waals surface area contributed by atoms with Gasteiger partial charge in [-0.15, -0.1) is 0 Å². The summed E-state index contributed by atoms with van der Waals surface area (Å²) in [6.07, 6.45) is 1.34. The highest BCUT2D eigenvalue weighted by atomic mass is 127. The highest BCUT2D eigenvalue weighted by molar-refractivity contribution is 14.1. The van der Waals surface area contributed by atoms with E-state index in [2.05, 4.69) is 34.7 Å². The SMILES string of the molecule is O=C1Cc2ccccc2C(I)C1. The molecule has 0 N–H and O–H groups in total. The molecule has 0 amide bonds. The second kappa shape index (κ2) is 3.17. The maximum absolute atomic E-state index is 11.2. The van der Waals surface area contributed by atoms with Gasteiger partial charge >= 0.3 is 0 Å². The average Bonchev–Trinajstić information content (AvgIpc) is 2.04. The number of rotatable bonds is 0. The molecule has 0 bridgehead atoms. The predicted octanol–water partition coefficient (Wildman–Crippen LogP) is 2.68. The molecular formula is C10H9IO. The first kappa shape index (κ1) is 8.23. The maximum atomic E-state index is 11.2. The Hall–Kier alpha value is -0.380. The standard InChI is InChI=1S/C10H9IO/c11-10-6-8(12)5-7-3-1-2-4-9(7)10/h1-4,10H,5-6H2. The van der Waals surface area contributed by atoms with E-state index in [9.17, 15) is 4.79 Å². The number of carbonyl (C=O) groups is 1. The summed E-state index contributed by atoms with van der Waals surface area (Å²) in [5, 5.41) is 0. The van der Waals surface area contributed by atoms with Crippen molar-refractivity contribution in [3.63, 3.8) is 0 Å². The lowest BCUT2D eigenvalue weighted by atomic mass is 9.91. The molecule has 12 heavy (non-hydrogen) atoms. The summed E-state index contributed by atoms with van der Waals surface area (Å²) < 4.78 is 0.389. The Bertz CT molecular complexity index is 319. The van der Waals surface area contributed by atoms with Gasteiger partial charge in [-0.3, -0.25) is 4.79 Å². The Kier molecular flexibility index (Phi) is 2.17. The zero-order valence-electron chi connectivity index (χ0n) is 6.59. The quantitative estimate of drug-likeness (QED) is 0.524. The number of fused-ring (bicyclic) bond motifs is 1. The number of ketones is 1.